The van der Waals surface area contributed by atoms with Crippen LogP contribution in [-0.2, 0) is 59.2 Å². The fourth-order valence-corrected chi connectivity index (χ4v) is 9.01. The zero-order valence-electron chi connectivity index (χ0n) is 50.0. The molecule has 0 aliphatic heterocycles. The molecule has 86 heavy (non-hydrogen) atoms. The fourth-order valence-electron chi connectivity index (χ4n) is 9.01. The average Bonchev–Trinajstić information content (AvgIpc) is 3.88. The van der Waals surface area contributed by atoms with Gasteiger partial charge in [-0.05, 0) is 102 Å². The lowest BCUT2D eigenvalue weighted by atomic mass is 9.82. The summed E-state index contributed by atoms with van der Waals surface area (Å²) in [4.78, 5) is 146. The number of likely N-dealkylation sites (N-methyl/N-ethyl adjacent to an activating group) is 1. The van der Waals surface area contributed by atoms with Gasteiger partial charge in [-0.1, -0.05) is 51.1 Å². The number of aliphatic hydroxyl groups is 1. The Balaban J connectivity index is 1.96. The van der Waals surface area contributed by atoms with E-state index >= 15 is 4.39 Å². The molecule has 2 aromatic carbocycles. The van der Waals surface area contributed by atoms with Gasteiger partial charge >= 0.3 is 18.0 Å². The minimum absolute atomic E-state index is 0.0988. The molecular weight excluding hydrogens is 1130 g/mol. The third-order valence-electron chi connectivity index (χ3n) is 13.5. The molecule has 1 aromatic heterocycles. The first kappa shape index (κ1) is 71.7. The summed E-state index contributed by atoms with van der Waals surface area (Å²) in [7, 11) is 1.23. The largest absolute Gasteiger partial charge is 0.481 e. The number of carbonyl (C=O) groups excluding carboxylic acids is 9. The van der Waals surface area contributed by atoms with Gasteiger partial charge in [0.15, 0.2) is 0 Å². The molecule has 26 nitrogen and oxygen atoms in total. The van der Waals surface area contributed by atoms with Crippen LogP contribution in [0.4, 0.5) is 13.6 Å². The number of unbranched alkanes of at least 4 members (excludes halogenated alkanes) is 1. The molecule has 3 rings (SSSR count). The molecule has 0 aliphatic rings. The molecule has 0 spiro atoms. The van der Waals surface area contributed by atoms with Crippen molar-refractivity contribution >= 4 is 65.3 Å². The number of aromatic nitrogens is 1. The van der Waals surface area contributed by atoms with Crippen molar-refractivity contribution in [3.05, 3.63) is 83.7 Å². The maximum Gasteiger partial charge on any atom is 0.407 e. The molecule has 0 unspecified atom stereocenters. The Morgan fingerprint density at radius 1 is 0.733 bits per heavy atom. The standard InChI is InChI=1S/C58H83F2N11O15/c1-33(65-51(79)40(61)17-13-14-24-64-56(85)86-58(6,7)8)54(82)69(9)34(2)50(78)68-43(29-45(62)73)53(81)67-41(52(80)63-25-22-46(74)66-42(55(83)84)20-21-48(76)77)23-26-71(47(75)32-72)49(57(3,4)5)44-27-36(38-28-37(59)18-19-39(38)60)31-70(44)30-35-15-11-10-12-16-35/h10-12,15-16,18-19,27-28,31,33-34,40-43,49,72H,13-14,17,20-26,29-30,32,61H2,1-9H3,(H2,62,73)(H,63,80)(H,64,85)(H,65,79)(H,66,74)(H,67,81)(H,68,78)(H,76,77)(H,83,84)/t33-,34-,40-,41-,42+,43-,49-/m0/s1. The van der Waals surface area contributed by atoms with Gasteiger partial charge in [0.25, 0.3) is 0 Å². The molecule has 3 aromatic rings. The molecule has 0 aliphatic carbocycles. The number of nitrogens with zero attached hydrogens (tertiary/aromatic N) is 3. The monoisotopic (exact) mass is 1210 g/mol. The molecule has 474 valence electrons. The highest BCUT2D eigenvalue weighted by molar-refractivity contribution is 5.97. The van der Waals surface area contributed by atoms with Gasteiger partial charge in [-0.15, -0.1) is 0 Å². The van der Waals surface area contributed by atoms with Crippen LogP contribution in [0.25, 0.3) is 11.1 Å². The van der Waals surface area contributed by atoms with Crippen LogP contribution in [0.2, 0.25) is 0 Å². The lowest BCUT2D eigenvalue weighted by Gasteiger charge is -2.41. The highest BCUT2D eigenvalue weighted by Crippen LogP contribution is 2.41. The number of carbonyl (C=O) groups is 11. The van der Waals surface area contributed by atoms with Gasteiger partial charge in [0.1, 0.15) is 54.1 Å². The van der Waals surface area contributed by atoms with E-state index in [2.05, 4.69) is 31.9 Å². The molecular formula is C58H83F2N11O15. The van der Waals surface area contributed by atoms with Crippen LogP contribution >= 0.6 is 0 Å². The zero-order valence-corrected chi connectivity index (χ0v) is 50.0. The predicted octanol–water partition coefficient (Wildman–Crippen LogP) is 1.94. The molecule has 13 N–H and O–H groups in total. The summed E-state index contributed by atoms with van der Waals surface area (Å²) in [5, 5.41) is 43.7. The lowest BCUT2D eigenvalue weighted by molar-refractivity contribution is -0.143. The second-order valence-corrected chi connectivity index (χ2v) is 22.8. The Labute approximate surface area is 497 Å². The Morgan fingerprint density at radius 3 is 1.98 bits per heavy atom. The number of amides is 9. The van der Waals surface area contributed by atoms with Crippen molar-refractivity contribution < 1.29 is 81.6 Å². The van der Waals surface area contributed by atoms with Crippen molar-refractivity contribution in [1.82, 2.24) is 46.3 Å². The summed E-state index contributed by atoms with van der Waals surface area (Å²) < 4.78 is 37.0. The van der Waals surface area contributed by atoms with E-state index in [4.69, 9.17) is 21.3 Å². The van der Waals surface area contributed by atoms with Gasteiger partial charge in [-0.3, -0.25) is 43.2 Å². The number of primary amides is 1. The average molecular weight is 1210 g/mol. The Kier molecular flexibility index (Phi) is 27.7. The number of rotatable bonds is 33. The highest BCUT2D eigenvalue weighted by Gasteiger charge is 2.39. The lowest BCUT2D eigenvalue weighted by Crippen LogP contribution is -2.59. The normalized spacial score (nSPS) is 13.9. The van der Waals surface area contributed by atoms with Crippen molar-refractivity contribution in [3.8, 4) is 11.1 Å². The maximum atomic E-state index is 15.4. The second kappa shape index (κ2) is 33.2. The van der Waals surface area contributed by atoms with Gasteiger partial charge in [0, 0.05) is 69.1 Å². The molecule has 0 saturated carbocycles. The van der Waals surface area contributed by atoms with Crippen LogP contribution in [0, 0.1) is 17.0 Å². The number of halogens is 2. The van der Waals surface area contributed by atoms with Crippen LogP contribution in [0.1, 0.15) is 124 Å². The van der Waals surface area contributed by atoms with Crippen LogP contribution in [0.5, 0.6) is 0 Å². The smallest absolute Gasteiger partial charge is 0.407 e. The van der Waals surface area contributed by atoms with Gasteiger partial charge in [-0.2, -0.15) is 0 Å². The SMILES string of the molecule is C[C@H](NC(=O)[C@@H](N)CCCCNC(=O)OC(C)(C)C)C(=O)N(C)[C@@H](C)C(=O)N[C@@H](CC(N)=O)C(=O)N[C@@H](CCN(C(=O)CO)[C@@H](c1cc(-c2cc(F)ccc2F)cn1Cc1ccccc1)C(C)(C)C)C(=O)NCCC(=O)N[C@H](CCC(=O)O)C(=O)O. The topological polar surface area (TPSA) is 393 Å². The van der Waals surface area contributed by atoms with Crippen molar-refractivity contribution in [1.29, 1.82) is 0 Å². The number of alkyl carbamates (subject to hydrolysis) is 1. The van der Waals surface area contributed by atoms with Crippen LogP contribution in [0.3, 0.4) is 0 Å². The van der Waals surface area contributed by atoms with Gasteiger partial charge < -0.3 is 77.8 Å². The molecule has 0 fully saturated rings. The number of hydrogen-bond donors (Lipinski definition) is 11. The van der Waals surface area contributed by atoms with E-state index in [-0.39, 0.29) is 30.6 Å². The maximum absolute atomic E-state index is 15.4. The number of hydrogen-bond acceptors (Lipinski definition) is 14. The molecule has 9 amide bonds. The Bertz CT molecular complexity index is 2880. The summed E-state index contributed by atoms with van der Waals surface area (Å²) in [6, 6.07) is 3.68. The van der Waals surface area contributed by atoms with E-state index in [1.54, 1.807) is 76.6 Å². The van der Waals surface area contributed by atoms with Gasteiger partial charge in [0.2, 0.25) is 47.3 Å². The van der Waals surface area contributed by atoms with Gasteiger partial charge in [0.05, 0.1) is 18.5 Å². The zero-order chi connectivity index (χ0) is 64.8. The van der Waals surface area contributed by atoms with Crippen molar-refractivity contribution in [2.75, 3.05) is 33.3 Å². The minimum atomic E-state index is -1.83. The van der Waals surface area contributed by atoms with Crippen molar-refractivity contribution in [3.63, 3.8) is 0 Å². The van der Waals surface area contributed by atoms with Crippen LogP contribution < -0.4 is 43.4 Å². The van der Waals surface area contributed by atoms with Crippen LogP contribution in [-0.4, -0.2) is 170 Å². The number of aliphatic carboxylic acids is 2. The highest BCUT2D eigenvalue weighted by atomic mass is 19.1. The molecule has 0 saturated heterocycles. The van der Waals surface area contributed by atoms with E-state index in [0.717, 1.165) is 28.7 Å². The first-order chi connectivity index (χ1) is 40.1. The number of benzene rings is 2. The summed E-state index contributed by atoms with van der Waals surface area (Å²) in [6.07, 6.45) is -0.905. The summed E-state index contributed by atoms with van der Waals surface area (Å²) in [6.45, 7) is 11.5. The number of nitrogens with two attached hydrogens (primary N) is 2. The Hall–Kier alpha value is -8.53. The molecule has 7 atom stereocenters. The number of carboxylic acids is 2. The Morgan fingerprint density at radius 2 is 1.38 bits per heavy atom. The molecule has 1 heterocycles. The molecule has 0 radical (unpaired) electrons. The summed E-state index contributed by atoms with van der Waals surface area (Å²) in [5.41, 5.74) is 11.3. The molecule has 0 bridgehead atoms. The summed E-state index contributed by atoms with van der Waals surface area (Å²) >= 11 is 0. The first-order valence-corrected chi connectivity index (χ1v) is 27.9. The number of ether oxygens (including phenoxy) is 1. The van der Waals surface area contributed by atoms with Gasteiger partial charge in [-0.25, -0.2) is 18.4 Å². The molecule has 28 heteroatoms. The summed E-state index contributed by atoms with van der Waals surface area (Å²) in [5.74, 6) is -11.8. The number of aliphatic hydroxyl groups excluding tert-OH is 1. The second-order valence-electron chi connectivity index (χ2n) is 22.8. The van der Waals surface area contributed by atoms with Crippen molar-refractivity contribution in [2.45, 2.75) is 161 Å². The van der Waals surface area contributed by atoms with Crippen LogP contribution in [0.15, 0.2) is 60.8 Å². The first-order valence-electron chi connectivity index (χ1n) is 27.9. The predicted molar refractivity (Wildman–Crippen MR) is 309 cm³/mol. The minimum Gasteiger partial charge on any atom is -0.481 e. The third-order valence-corrected chi connectivity index (χ3v) is 13.5. The van der Waals surface area contributed by atoms with E-state index in [0.29, 0.717) is 18.5 Å². The van der Waals surface area contributed by atoms with Crippen molar-refractivity contribution in [2.24, 2.45) is 16.9 Å². The fraction of sp³-hybridized carbons (Fsp3) is 0.534. The van der Waals surface area contributed by atoms with E-state index in [1.807, 2.05) is 12.1 Å². The quantitative estimate of drug-likeness (QED) is 0.0388. The number of carboxylic acid groups (broad SMARTS) is 2. The van der Waals surface area contributed by atoms with E-state index in [9.17, 15) is 67.3 Å². The van der Waals surface area contributed by atoms with E-state index in [1.165, 1.54) is 25.8 Å². The van der Waals surface area contributed by atoms with E-state index < -0.39 is 182 Å². The third kappa shape index (κ3) is 23.5. The number of nitrogens with one attached hydrogen (secondary N) is 6.